The summed E-state index contributed by atoms with van der Waals surface area (Å²) in [5.74, 6) is -0.335. The van der Waals surface area contributed by atoms with Crippen molar-refractivity contribution in [3.63, 3.8) is 0 Å². The topological polar surface area (TPSA) is 92.6 Å². The summed E-state index contributed by atoms with van der Waals surface area (Å²) in [5.41, 5.74) is 1.48. The molecule has 8 heteroatoms. The number of nitrogens with one attached hydrogen (secondary N) is 1. The Morgan fingerprint density at radius 3 is 2.73 bits per heavy atom. The molecule has 0 aliphatic carbocycles. The summed E-state index contributed by atoms with van der Waals surface area (Å²) in [4.78, 5) is 37.9. The number of carbonyl (C=O) groups is 2. The smallest absolute Gasteiger partial charge is 0.269 e. The molecule has 136 valence electrons. The molecule has 1 aromatic heterocycles. The summed E-state index contributed by atoms with van der Waals surface area (Å²) in [6.07, 6.45) is 1.10. The summed E-state index contributed by atoms with van der Waals surface area (Å²) >= 11 is 1.73. The second kappa shape index (κ2) is 7.65. The first kappa shape index (κ1) is 18.1. The summed E-state index contributed by atoms with van der Waals surface area (Å²) < 4.78 is 0. The van der Waals surface area contributed by atoms with Gasteiger partial charge in [0, 0.05) is 42.1 Å². The largest absolute Gasteiger partial charge is 0.352 e. The molecule has 7 nitrogen and oxygen atoms in total. The van der Waals surface area contributed by atoms with Gasteiger partial charge in [-0.1, -0.05) is 0 Å². The zero-order valence-electron chi connectivity index (χ0n) is 14.3. The SMILES string of the molecule is C[C@@H]1c2ccsc2CCN1C(=O)CCNC(=O)c1ccc([N+](=O)[O-])cc1. The van der Waals surface area contributed by atoms with Crippen molar-refractivity contribution in [1.29, 1.82) is 0 Å². The van der Waals surface area contributed by atoms with Gasteiger partial charge in [-0.2, -0.15) is 0 Å². The fraction of sp³-hybridized carbons (Fsp3) is 0.333. The molecule has 0 unspecified atom stereocenters. The molecule has 0 fully saturated rings. The van der Waals surface area contributed by atoms with Crippen LogP contribution >= 0.6 is 11.3 Å². The fourth-order valence-corrected chi connectivity index (χ4v) is 4.08. The summed E-state index contributed by atoms with van der Waals surface area (Å²) in [7, 11) is 0. The number of benzene rings is 1. The van der Waals surface area contributed by atoms with E-state index in [-0.39, 0.29) is 36.5 Å². The zero-order valence-corrected chi connectivity index (χ0v) is 15.1. The summed E-state index contributed by atoms with van der Waals surface area (Å²) in [6, 6.07) is 7.51. The lowest BCUT2D eigenvalue weighted by molar-refractivity contribution is -0.384. The Bertz CT molecular complexity index is 831. The van der Waals surface area contributed by atoms with Crippen molar-refractivity contribution in [3.05, 3.63) is 61.8 Å². The lowest BCUT2D eigenvalue weighted by Gasteiger charge is -2.33. The van der Waals surface area contributed by atoms with Gasteiger partial charge in [-0.3, -0.25) is 19.7 Å². The number of nitrogens with zero attached hydrogens (tertiary/aromatic N) is 2. The molecule has 0 saturated heterocycles. The van der Waals surface area contributed by atoms with Crippen molar-refractivity contribution in [2.45, 2.75) is 25.8 Å². The molecule has 1 aliphatic rings. The van der Waals surface area contributed by atoms with Crippen LogP contribution < -0.4 is 5.32 Å². The van der Waals surface area contributed by atoms with Crippen LogP contribution in [0.25, 0.3) is 0 Å². The highest BCUT2D eigenvalue weighted by Crippen LogP contribution is 2.32. The maximum Gasteiger partial charge on any atom is 0.269 e. The number of fused-ring (bicyclic) bond motifs is 1. The quantitative estimate of drug-likeness (QED) is 0.644. The van der Waals surface area contributed by atoms with Gasteiger partial charge in [-0.25, -0.2) is 0 Å². The van der Waals surface area contributed by atoms with E-state index in [1.165, 1.54) is 34.7 Å². The van der Waals surface area contributed by atoms with Gasteiger partial charge in [-0.15, -0.1) is 11.3 Å². The normalized spacial score (nSPS) is 16.0. The molecule has 2 amide bonds. The molecular weight excluding hydrogens is 354 g/mol. The van der Waals surface area contributed by atoms with E-state index in [1.807, 2.05) is 11.8 Å². The third-order valence-electron chi connectivity index (χ3n) is 4.56. The van der Waals surface area contributed by atoms with Gasteiger partial charge in [-0.05, 0) is 42.5 Å². The molecule has 0 bridgehead atoms. The summed E-state index contributed by atoms with van der Waals surface area (Å²) in [6.45, 7) is 2.95. The second-order valence-corrected chi connectivity index (χ2v) is 7.12. The van der Waals surface area contributed by atoms with Crippen molar-refractivity contribution in [1.82, 2.24) is 10.2 Å². The Kier molecular flexibility index (Phi) is 5.32. The van der Waals surface area contributed by atoms with Crippen molar-refractivity contribution in [3.8, 4) is 0 Å². The van der Waals surface area contributed by atoms with E-state index in [0.29, 0.717) is 12.1 Å². The van der Waals surface area contributed by atoms with E-state index in [9.17, 15) is 19.7 Å². The molecule has 0 saturated carbocycles. The van der Waals surface area contributed by atoms with Crippen molar-refractivity contribution >= 4 is 28.8 Å². The van der Waals surface area contributed by atoms with Crippen LogP contribution in [0.1, 0.15) is 40.2 Å². The highest BCUT2D eigenvalue weighted by atomic mass is 32.1. The molecule has 2 aromatic rings. The van der Waals surface area contributed by atoms with Crippen molar-refractivity contribution in [2.24, 2.45) is 0 Å². The van der Waals surface area contributed by atoms with Gasteiger partial charge < -0.3 is 10.2 Å². The molecule has 3 rings (SSSR count). The van der Waals surface area contributed by atoms with Crippen LogP contribution in [0, 0.1) is 10.1 Å². The number of hydrogen-bond acceptors (Lipinski definition) is 5. The predicted octanol–water partition coefficient (Wildman–Crippen LogP) is 2.92. The van der Waals surface area contributed by atoms with Gasteiger partial charge in [0.25, 0.3) is 11.6 Å². The average molecular weight is 373 g/mol. The Hall–Kier alpha value is -2.74. The Morgan fingerprint density at radius 2 is 2.04 bits per heavy atom. The minimum atomic E-state index is -0.515. The van der Waals surface area contributed by atoms with Crippen LogP contribution in [0.15, 0.2) is 35.7 Å². The Labute approximate surface area is 154 Å². The van der Waals surface area contributed by atoms with Crippen LogP contribution in [0.3, 0.4) is 0 Å². The molecule has 1 atom stereocenters. The van der Waals surface area contributed by atoms with Gasteiger partial charge in [0.2, 0.25) is 5.91 Å². The van der Waals surface area contributed by atoms with E-state index < -0.39 is 4.92 Å². The Morgan fingerprint density at radius 1 is 1.31 bits per heavy atom. The van der Waals surface area contributed by atoms with Gasteiger partial charge >= 0.3 is 0 Å². The van der Waals surface area contributed by atoms with E-state index >= 15 is 0 Å². The first-order valence-corrected chi connectivity index (χ1v) is 9.23. The minimum Gasteiger partial charge on any atom is -0.352 e. The molecule has 0 spiro atoms. The molecule has 26 heavy (non-hydrogen) atoms. The van der Waals surface area contributed by atoms with Crippen LogP contribution in [0.5, 0.6) is 0 Å². The van der Waals surface area contributed by atoms with Crippen LogP contribution in [-0.4, -0.2) is 34.7 Å². The average Bonchev–Trinajstić information content (AvgIpc) is 3.11. The van der Waals surface area contributed by atoms with Crippen LogP contribution in [0.2, 0.25) is 0 Å². The molecular formula is C18H19N3O4S. The molecule has 1 aliphatic heterocycles. The second-order valence-electron chi connectivity index (χ2n) is 6.12. The number of thiophene rings is 1. The van der Waals surface area contributed by atoms with Crippen LogP contribution in [0.4, 0.5) is 5.69 Å². The molecule has 1 aromatic carbocycles. The number of amides is 2. The monoisotopic (exact) mass is 373 g/mol. The maximum absolute atomic E-state index is 12.5. The summed E-state index contributed by atoms with van der Waals surface area (Å²) in [5, 5.41) is 15.4. The number of non-ortho nitro benzene ring substituents is 1. The predicted molar refractivity (Wildman–Crippen MR) is 98.2 cm³/mol. The fourth-order valence-electron chi connectivity index (χ4n) is 3.11. The van der Waals surface area contributed by atoms with E-state index in [0.717, 1.165) is 6.42 Å². The number of carbonyl (C=O) groups excluding carboxylic acids is 2. The van der Waals surface area contributed by atoms with E-state index in [2.05, 4.69) is 16.8 Å². The third-order valence-corrected chi connectivity index (χ3v) is 5.56. The first-order chi connectivity index (χ1) is 12.5. The number of nitro groups is 1. The van der Waals surface area contributed by atoms with Gasteiger partial charge in [0.05, 0.1) is 11.0 Å². The van der Waals surface area contributed by atoms with E-state index in [1.54, 1.807) is 11.3 Å². The maximum atomic E-state index is 12.5. The third kappa shape index (κ3) is 3.75. The van der Waals surface area contributed by atoms with Gasteiger partial charge in [0.1, 0.15) is 0 Å². The van der Waals surface area contributed by atoms with Crippen molar-refractivity contribution in [2.75, 3.05) is 13.1 Å². The molecule has 2 heterocycles. The number of nitro benzene ring substituents is 1. The van der Waals surface area contributed by atoms with Crippen LogP contribution in [-0.2, 0) is 11.2 Å². The lowest BCUT2D eigenvalue weighted by Crippen LogP contribution is -2.39. The first-order valence-electron chi connectivity index (χ1n) is 8.35. The highest BCUT2D eigenvalue weighted by molar-refractivity contribution is 7.10. The van der Waals surface area contributed by atoms with E-state index in [4.69, 9.17) is 0 Å². The highest BCUT2D eigenvalue weighted by Gasteiger charge is 2.27. The Balaban J connectivity index is 1.51. The lowest BCUT2D eigenvalue weighted by atomic mass is 10.0. The zero-order chi connectivity index (χ0) is 18.7. The molecule has 1 N–H and O–H groups in total. The van der Waals surface area contributed by atoms with Crippen molar-refractivity contribution < 1.29 is 14.5 Å². The minimum absolute atomic E-state index is 0.0124. The van der Waals surface area contributed by atoms with Gasteiger partial charge in [0.15, 0.2) is 0 Å². The number of hydrogen-bond donors (Lipinski definition) is 1. The molecule has 0 radical (unpaired) electrons. The number of rotatable bonds is 5. The standard InChI is InChI=1S/C18H19N3O4S/c1-12-15-8-11-26-16(15)7-10-20(12)17(22)6-9-19-18(23)13-2-4-14(5-3-13)21(24)25/h2-5,8,11-12H,6-7,9-10H2,1H3,(H,19,23)/t12-/m1/s1.